The molecule has 0 radical (unpaired) electrons. The van der Waals surface area contributed by atoms with Crippen molar-refractivity contribution in [3.8, 4) is 5.75 Å². The van der Waals surface area contributed by atoms with Gasteiger partial charge in [-0.15, -0.1) is 0 Å². The summed E-state index contributed by atoms with van der Waals surface area (Å²) in [4.78, 5) is 38.0. The highest BCUT2D eigenvalue weighted by Gasteiger charge is 2.23. The van der Waals surface area contributed by atoms with E-state index in [1.807, 2.05) is 11.0 Å². The van der Waals surface area contributed by atoms with Crippen molar-refractivity contribution in [1.82, 2.24) is 10.2 Å². The van der Waals surface area contributed by atoms with Crippen molar-refractivity contribution in [2.45, 2.75) is 45.4 Å². The van der Waals surface area contributed by atoms with Crippen molar-refractivity contribution in [1.29, 1.82) is 0 Å². The number of nitrogens with one attached hydrogen (secondary N) is 1. The Kier molecular flexibility index (Phi) is 7.88. The van der Waals surface area contributed by atoms with Crippen molar-refractivity contribution < 1.29 is 23.9 Å². The molecule has 7 nitrogen and oxygen atoms in total. The minimum Gasteiger partial charge on any atom is -0.434 e. The zero-order valence-corrected chi connectivity index (χ0v) is 17.5. The number of piperidine rings is 1. The summed E-state index contributed by atoms with van der Waals surface area (Å²) in [6.07, 6.45) is 7.37. The third-order valence-electron chi connectivity index (χ3n) is 5.63. The van der Waals surface area contributed by atoms with Crippen LogP contribution in [0.15, 0.2) is 35.9 Å². The zero-order valence-electron chi connectivity index (χ0n) is 17.5. The number of likely N-dealkylation sites (tertiary alicyclic amines) is 1. The Hall–Kier alpha value is -2.83. The van der Waals surface area contributed by atoms with Crippen LogP contribution in [0.25, 0.3) is 0 Å². The van der Waals surface area contributed by atoms with Crippen LogP contribution in [0.1, 0.15) is 55.8 Å². The molecule has 30 heavy (non-hydrogen) atoms. The van der Waals surface area contributed by atoms with E-state index < -0.39 is 6.16 Å². The number of benzene rings is 1. The minimum absolute atomic E-state index is 0.138. The Morgan fingerprint density at radius 2 is 1.77 bits per heavy atom. The summed E-state index contributed by atoms with van der Waals surface area (Å²) in [5.74, 6) is 0.667. The predicted molar refractivity (Wildman–Crippen MR) is 112 cm³/mol. The van der Waals surface area contributed by atoms with Crippen LogP contribution in [0.2, 0.25) is 0 Å². The van der Waals surface area contributed by atoms with Gasteiger partial charge in [0.2, 0.25) is 5.91 Å². The summed E-state index contributed by atoms with van der Waals surface area (Å²) < 4.78 is 9.70. The molecule has 1 saturated carbocycles. The van der Waals surface area contributed by atoms with Gasteiger partial charge in [-0.1, -0.05) is 5.57 Å². The van der Waals surface area contributed by atoms with Gasteiger partial charge in [0.1, 0.15) is 5.75 Å². The Morgan fingerprint density at radius 3 is 2.40 bits per heavy atom. The second kappa shape index (κ2) is 10.8. The van der Waals surface area contributed by atoms with Crippen molar-refractivity contribution >= 4 is 18.0 Å². The first-order chi connectivity index (χ1) is 14.5. The molecule has 1 aliphatic carbocycles. The molecule has 0 unspecified atom stereocenters. The number of ether oxygens (including phenoxy) is 2. The van der Waals surface area contributed by atoms with Gasteiger partial charge in [-0.2, -0.15) is 0 Å². The highest BCUT2D eigenvalue weighted by atomic mass is 16.7. The summed E-state index contributed by atoms with van der Waals surface area (Å²) in [6, 6.07) is 6.35. The molecule has 162 valence electrons. The lowest BCUT2D eigenvalue weighted by Crippen LogP contribution is -2.41. The molecular formula is C23H30N2O5. The number of hydrogen-bond donors (Lipinski definition) is 1. The quantitative estimate of drug-likeness (QED) is 0.436. The maximum Gasteiger partial charge on any atom is 0.513 e. The number of allylic oxidation sites excluding steroid dienone is 1. The SMILES string of the molecule is CCOC(=O)Oc1ccc(C(=O)NCC2CCN(C(=O)C=C3CCCC3)CC2)cc1. The fourth-order valence-corrected chi connectivity index (χ4v) is 3.85. The lowest BCUT2D eigenvalue weighted by atomic mass is 9.96. The maximum atomic E-state index is 12.4. The van der Waals surface area contributed by atoms with Crippen LogP contribution in [-0.4, -0.2) is 49.1 Å². The Bertz CT molecular complexity index is 771. The summed E-state index contributed by atoms with van der Waals surface area (Å²) in [5, 5.41) is 2.97. The van der Waals surface area contributed by atoms with Crippen LogP contribution in [-0.2, 0) is 9.53 Å². The van der Waals surface area contributed by atoms with Crippen LogP contribution >= 0.6 is 0 Å². The van der Waals surface area contributed by atoms with E-state index in [0.29, 0.717) is 23.8 Å². The first-order valence-electron chi connectivity index (χ1n) is 10.8. The molecule has 3 rings (SSSR count). The third-order valence-corrected chi connectivity index (χ3v) is 5.63. The van der Waals surface area contributed by atoms with Gasteiger partial charge >= 0.3 is 6.16 Å². The maximum absolute atomic E-state index is 12.4. The van der Waals surface area contributed by atoms with Gasteiger partial charge in [0.15, 0.2) is 0 Å². The largest absolute Gasteiger partial charge is 0.513 e. The first kappa shape index (κ1) is 21.9. The van der Waals surface area contributed by atoms with E-state index in [4.69, 9.17) is 9.47 Å². The van der Waals surface area contributed by atoms with Gasteiger partial charge in [0, 0.05) is 31.3 Å². The number of carbonyl (C=O) groups is 3. The molecule has 1 heterocycles. The second-order valence-electron chi connectivity index (χ2n) is 7.80. The molecule has 2 amide bonds. The smallest absolute Gasteiger partial charge is 0.434 e. The van der Waals surface area contributed by atoms with Crippen LogP contribution < -0.4 is 10.1 Å². The lowest BCUT2D eigenvalue weighted by molar-refractivity contribution is -0.127. The molecule has 2 fully saturated rings. The number of hydrogen-bond acceptors (Lipinski definition) is 5. The molecule has 2 aliphatic rings. The van der Waals surface area contributed by atoms with Gasteiger partial charge in [0.05, 0.1) is 6.61 Å². The number of carbonyl (C=O) groups excluding carboxylic acids is 3. The van der Waals surface area contributed by atoms with Gasteiger partial charge in [0.25, 0.3) is 5.91 Å². The molecule has 1 aromatic carbocycles. The highest BCUT2D eigenvalue weighted by Crippen LogP contribution is 2.24. The third kappa shape index (κ3) is 6.34. The van der Waals surface area contributed by atoms with Crippen molar-refractivity contribution in [2.75, 3.05) is 26.2 Å². The average Bonchev–Trinajstić information content (AvgIpc) is 3.26. The summed E-state index contributed by atoms with van der Waals surface area (Å²) in [5.41, 5.74) is 1.79. The van der Waals surface area contributed by atoms with Crippen LogP contribution in [0, 0.1) is 5.92 Å². The van der Waals surface area contributed by atoms with E-state index in [-0.39, 0.29) is 18.4 Å². The van der Waals surface area contributed by atoms with E-state index >= 15 is 0 Å². The van der Waals surface area contributed by atoms with Crippen LogP contribution in [0.4, 0.5) is 4.79 Å². The zero-order chi connectivity index (χ0) is 21.3. The van der Waals surface area contributed by atoms with Gasteiger partial charge < -0.3 is 19.7 Å². The predicted octanol–water partition coefficient (Wildman–Crippen LogP) is 3.69. The molecule has 0 aromatic heterocycles. The Balaban J connectivity index is 1.39. The Morgan fingerprint density at radius 1 is 1.10 bits per heavy atom. The molecule has 0 bridgehead atoms. The minimum atomic E-state index is -0.765. The number of nitrogens with zero attached hydrogens (tertiary/aromatic N) is 1. The summed E-state index contributed by atoms with van der Waals surface area (Å²) in [6.45, 7) is 4.00. The molecule has 1 saturated heterocycles. The molecule has 1 N–H and O–H groups in total. The molecule has 0 atom stereocenters. The molecular weight excluding hydrogens is 384 g/mol. The first-order valence-corrected chi connectivity index (χ1v) is 10.8. The standard InChI is InChI=1S/C23H30N2O5/c1-2-29-23(28)30-20-9-7-19(8-10-20)22(27)24-16-18-11-13-25(14-12-18)21(26)15-17-5-3-4-6-17/h7-10,15,18H,2-6,11-14,16H2,1H3,(H,24,27). The topological polar surface area (TPSA) is 84.9 Å². The van der Waals surface area contributed by atoms with Gasteiger partial charge in [-0.3, -0.25) is 9.59 Å². The van der Waals surface area contributed by atoms with Gasteiger partial charge in [-0.05, 0) is 75.6 Å². The van der Waals surface area contributed by atoms with E-state index in [1.54, 1.807) is 31.2 Å². The summed E-state index contributed by atoms with van der Waals surface area (Å²) in [7, 11) is 0. The average molecular weight is 415 g/mol. The highest BCUT2D eigenvalue weighted by molar-refractivity contribution is 5.94. The van der Waals surface area contributed by atoms with Crippen molar-refractivity contribution in [3.05, 3.63) is 41.5 Å². The van der Waals surface area contributed by atoms with Crippen LogP contribution in [0.3, 0.4) is 0 Å². The van der Waals surface area contributed by atoms with E-state index in [9.17, 15) is 14.4 Å². The number of amides is 2. The van der Waals surface area contributed by atoms with Crippen LogP contribution in [0.5, 0.6) is 5.75 Å². The fourth-order valence-electron chi connectivity index (χ4n) is 3.85. The van der Waals surface area contributed by atoms with Gasteiger partial charge in [-0.25, -0.2) is 4.79 Å². The summed E-state index contributed by atoms with van der Waals surface area (Å²) >= 11 is 0. The molecule has 1 aromatic rings. The van der Waals surface area contributed by atoms with Crippen molar-refractivity contribution in [3.63, 3.8) is 0 Å². The molecule has 1 aliphatic heterocycles. The van der Waals surface area contributed by atoms with Crippen molar-refractivity contribution in [2.24, 2.45) is 5.92 Å². The van der Waals surface area contributed by atoms with E-state index in [1.165, 1.54) is 18.4 Å². The normalized spacial score (nSPS) is 16.8. The number of rotatable bonds is 6. The Labute approximate surface area is 177 Å². The van der Waals surface area contributed by atoms with E-state index in [2.05, 4.69) is 5.32 Å². The lowest BCUT2D eigenvalue weighted by Gasteiger charge is -2.31. The van der Waals surface area contributed by atoms with E-state index in [0.717, 1.165) is 38.8 Å². The second-order valence-corrected chi connectivity index (χ2v) is 7.80. The molecule has 7 heteroatoms. The monoisotopic (exact) mass is 414 g/mol. The fraction of sp³-hybridized carbons (Fsp3) is 0.522. The molecule has 0 spiro atoms.